The van der Waals surface area contributed by atoms with Crippen LogP contribution in [-0.4, -0.2) is 35.7 Å². The second-order valence-corrected chi connectivity index (χ2v) is 6.92. The van der Waals surface area contributed by atoms with E-state index in [1.807, 2.05) is 0 Å². The van der Waals surface area contributed by atoms with Crippen LogP contribution in [0.5, 0.6) is 0 Å². The van der Waals surface area contributed by atoms with E-state index in [1.165, 1.54) is 5.56 Å². The summed E-state index contributed by atoms with van der Waals surface area (Å²) in [5.41, 5.74) is 1.38. The van der Waals surface area contributed by atoms with Crippen molar-refractivity contribution in [1.29, 1.82) is 0 Å². The molecule has 4 heteroatoms. The SMILES string of the molecule is CC1CN(Cc2ccoc2CNC(C)(C)C)CC(C)O1. The van der Waals surface area contributed by atoms with Gasteiger partial charge in [-0.15, -0.1) is 0 Å². The molecule has 4 nitrogen and oxygen atoms in total. The van der Waals surface area contributed by atoms with E-state index in [0.717, 1.165) is 31.9 Å². The van der Waals surface area contributed by atoms with E-state index < -0.39 is 0 Å². The van der Waals surface area contributed by atoms with Gasteiger partial charge in [0.15, 0.2) is 0 Å². The maximum Gasteiger partial charge on any atom is 0.122 e. The van der Waals surface area contributed by atoms with Gasteiger partial charge in [0.2, 0.25) is 0 Å². The molecule has 1 N–H and O–H groups in total. The van der Waals surface area contributed by atoms with Crippen molar-refractivity contribution in [3.05, 3.63) is 23.7 Å². The van der Waals surface area contributed by atoms with Gasteiger partial charge in [-0.1, -0.05) is 0 Å². The lowest BCUT2D eigenvalue weighted by Gasteiger charge is -2.35. The highest BCUT2D eigenvalue weighted by atomic mass is 16.5. The smallest absolute Gasteiger partial charge is 0.122 e. The molecule has 2 unspecified atom stereocenters. The molecule has 20 heavy (non-hydrogen) atoms. The molecule has 0 bridgehead atoms. The van der Waals surface area contributed by atoms with Crippen LogP contribution in [-0.2, 0) is 17.8 Å². The summed E-state index contributed by atoms with van der Waals surface area (Å²) in [5.74, 6) is 1.05. The molecule has 0 aliphatic carbocycles. The van der Waals surface area contributed by atoms with Gasteiger partial charge in [0.1, 0.15) is 5.76 Å². The molecule has 1 saturated heterocycles. The van der Waals surface area contributed by atoms with Gasteiger partial charge in [-0.05, 0) is 40.7 Å². The maximum absolute atomic E-state index is 5.78. The van der Waals surface area contributed by atoms with Crippen LogP contribution < -0.4 is 5.32 Å². The van der Waals surface area contributed by atoms with E-state index in [9.17, 15) is 0 Å². The largest absolute Gasteiger partial charge is 0.468 e. The molecule has 1 aromatic heterocycles. The zero-order valence-corrected chi connectivity index (χ0v) is 13.4. The predicted molar refractivity (Wildman–Crippen MR) is 80.6 cm³/mol. The fraction of sp³-hybridized carbons (Fsp3) is 0.750. The van der Waals surface area contributed by atoms with Crippen LogP contribution in [0.3, 0.4) is 0 Å². The van der Waals surface area contributed by atoms with E-state index in [1.54, 1.807) is 6.26 Å². The van der Waals surface area contributed by atoms with E-state index >= 15 is 0 Å². The number of nitrogens with one attached hydrogen (secondary N) is 1. The third-order valence-corrected chi connectivity index (χ3v) is 3.51. The summed E-state index contributed by atoms with van der Waals surface area (Å²) < 4.78 is 11.4. The van der Waals surface area contributed by atoms with Crippen LogP contribution in [0.25, 0.3) is 0 Å². The molecular weight excluding hydrogens is 252 g/mol. The van der Waals surface area contributed by atoms with Crippen LogP contribution in [0.1, 0.15) is 45.9 Å². The van der Waals surface area contributed by atoms with E-state index in [2.05, 4.69) is 50.9 Å². The quantitative estimate of drug-likeness (QED) is 0.920. The molecule has 2 atom stereocenters. The molecule has 1 aliphatic heterocycles. The summed E-state index contributed by atoms with van der Waals surface area (Å²) in [6, 6.07) is 2.09. The van der Waals surface area contributed by atoms with Crippen LogP contribution in [0.4, 0.5) is 0 Å². The molecule has 0 amide bonds. The molecule has 1 aliphatic rings. The Morgan fingerprint density at radius 1 is 1.25 bits per heavy atom. The second-order valence-electron chi connectivity index (χ2n) is 6.92. The van der Waals surface area contributed by atoms with Crippen molar-refractivity contribution in [3.8, 4) is 0 Å². The highest BCUT2D eigenvalue weighted by Gasteiger charge is 2.23. The summed E-state index contributed by atoms with van der Waals surface area (Å²) in [4.78, 5) is 2.45. The molecule has 1 fully saturated rings. The third kappa shape index (κ3) is 4.62. The third-order valence-electron chi connectivity index (χ3n) is 3.51. The molecular formula is C16H28N2O2. The topological polar surface area (TPSA) is 37.6 Å². The van der Waals surface area contributed by atoms with Crippen molar-refractivity contribution >= 4 is 0 Å². The summed E-state index contributed by atoms with van der Waals surface area (Å²) >= 11 is 0. The van der Waals surface area contributed by atoms with Crippen molar-refractivity contribution in [2.75, 3.05) is 13.1 Å². The van der Waals surface area contributed by atoms with E-state index in [-0.39, 0.29) is 5.54 Å². The number of hydrogen-bond acceptors (Lipinski definition) is 4. The lowest BCUT2D eigenvalue weighted by atomic mass is 10.1. The Labute approximate surface area is 122 Å². The molecule has 2 heterocycles. The summed E-state index contributed by atoms with van der Waals surface area (Å²) in [6.07, 6.45) is 2.41. The second kappa shape index (κ2) is 6.29. The van der Waals surface area contributed by atoms with Gasteiger partial charge in [0.05, 0.1) is 25.0 Å². The number of ether oxygens (including phenoxy) is 1. The lowest BCUT2D eigenvalue weighted by Crippen LogP contribution is -2.45. The highest BCUT2D eigenvalue weighted by molar-refractivity contribution is 5.17. The Hall–Kier alpha value is -0.840. The predicted octanol–water partition coefficient (Wildman–Crippen LogP) is 2.78. The molecule has 1 aromatic rings. The van der Waals surface area contributed by atoms with E-state index in [4.69, 9.17) is 9.15 Å². The minimum absolute atomic E-state index is 0.103. The first-order valence-corrected chi connectivity index (χ1v) is 7.51. The van der Waals surface area contributed by atoms with Crippen molar-refractivity contribution in [2.45, 2.75) is 65.5 Å². The van der Waals surface area contributed by atoms with Gasteiger partial charge in [-0.3, -0.25) is 4.90 Å². The number of hydrogen-bond donors (Lipinski definition) is 1. The molecule has 114 valence electrons. The van der Waals surface area contributed by atoms with Gasteiger partial charge < -0.3 is 14.5 Å². The first-order valence-electron chi connectivity index (χ1n) is 7.51. The highest BCUT2D eigenvalue weighted by Crippen LogP contribution is 2.18. The van der Waals surface area contributed by atoms with Gasteiger partial charge in [0, 0.05) is 30.7 Å². The average molecular weight is 280 g/mol. The summed E-state index contributed by atoms with van der Waals surface area (Å²) in [5, 5.41) is 3.48. The van der Waals surface area contributed by atoms with Crippen molar-refractivity contribution < 1.29 is 9.15 Å². The van der Waals surface area contributed by atoms with Crippen molar-refractivity contribution in [3.63, 3.8) is 0 Å². The van der Waals surface area contributed by atoms with Gasteiger partial charge in [0.25, 0.3) is 0 Å². The van der Waals surface area contributed by atoms with Gasteiger partial charge in [-0.25, -0.2) is 0 Å². The van der Waals surface area contributed by atoms with Gasteiger partial charge in [-0.2, -0.15) is 0 Å². The summed E-state index contributed by atoms with van der Waals surface area (Å²) in [6.45, 7) is 14.5. The monoisotopic (exact) mass is 280 g/mol. The van der Waals surface area contributed by atoms with Crippen LogP contribution in [0, 0.1) is 0 Å². The maximum atomic E-state index is 5.78. The molecule has 0 radical (unpaired) electrons. The zero-order chi connectivity index (χ0) is 14.8. The minimum atomic E-state index is 0.103. The molecule has 0 saturated carbocycles. The lowest BCUT2D eigenvalue weighted by molar-refractivity contribution is -0.0706. The Morgan fingerprint density at radius 3 is 2.50 bits per heavy atom. The van der Waals surface area contributed by atoms with Crippen LogP contribution in [0.15, 0.2) is 16.7 Å². The minimum Gasteiger partial charge on any atom is -0.468 e. The van der Waals surface area contributed by atoms with Crippen molar-refractivity contribution in [2.24, 2.45) is 0 Å². The molecule has 0 spiro atoms. The van der Waals surface area contributed by atoms with Gasteiger partial charge >= 0.3 is 0 Å². The Morgan fingerprint density at radius 2 is 1.90 bits per heavy atom. The van der Waals surface area contributed by atoms with Crippen LogP contribution in [0.2, 0.25) is 0 Å². The Bertz CT molecular complexity index is 412. The fourth-order valence-electron chi connectivity index (χ4n) is 2.66. The number of rotatable bonds is 4. The normalized spacial score (nSPS) is 25.1. The number of morpholine rings is 1. The fourth-order valence-corrected chi connectivity index (χ4v) is 2.66. The molecule has 2 rings (SSSR count). The number of furan rings is 1. The number of nitrogens with zero attached hydrogens (tertiary/aromatic N) is 1. The first-order chi connectivity index (χ1) is 9.33. The van der Waals surface area contributed by atoms with Crippen LogP contribution >= 0.6 is 0 Å². The Balaban J connectivity index is 1.94. The van der Waals surface area contributed by atoms with Crippen molar-refractivity contribution in [1.82, 2.24) is 10.2 Å². The zero-order valence-electron chi connectivity index (χ0n) is 13.4. The summed E-state index contributed by atoms with van der Waals surface area (Å²) in [7, 11) is 0. The average Bonchev–Trinajstić information content (AvgIpc) is 2.71. The first kappa shape index (κ1) is 15.5. The molecule has 0 aromatic carbocycles. The van der Waals surface area contributed by atoms with E-state index in [0.29, 0.717) is 12.2 Å². The Kier molecular flexibility index (Phi) is 4.89. The standard InChI is InChI=1S/C16H28N2O2/c1-12-9-18(10-13(2)20-12)11-14-6-7-19-15(14)8-17-16(3,4)5/h6-7,12-13,17H,8-11H2,1-5H3.